The molecule has 2 aromatic carbocycles. The van der Waals surface area contributed by atoms with Gasteiger partial charge in [-0.1, -0.05) is 35.9 Å². The molecule has 0 atom stereocenters. The Balaban J connectivity index is 2.04. The molecule has 0 aromatic heterocycles. The molecule has 0 bridgehead atoms. The van der Waals surface area contributed by atoms with Crippen molar-refractivity contribution < 1.29 is 9.63 Å². The summed E-state index contributed by atoms with van der Waals surface area (Å²) in [6, 6.07) is 14.1. The molecule has 0 aliphatic rings. The van der Waals surface area contributed by atoms with Crippen LogP contribution < -0.4 is 5.48 Å². The largest absolute Gasteiger partial charge is 0.362 e. The zero-order chi connectivity index (χ0) is 13.0. The molecule has 4 heteroatoms. The molecular formula is C14H12ClNO2. The molecule has 0 radical (unpaired) electrons. The van der Waals surface area contributed by atoms with E-state index in [4.69, 9.17) is 16.4 Å². The first-order valence-electron chi connectivity index (χ1n) is 5.46. The van der Waals surface area contributed by atoms with Crippen LogP contribution in [0.5, 0.6) is 0 Å². The zero-order valence-electron chi connectivity index (χ0n) is 9.81. The van der Waals surface area contributed by atoms with Crippen LogP contribution in [-0.4, -0.2) is 5.97 Å². The van der Waals surface area contributed by atoms with E-state index in [2.05, 4.69) is 5.48 Å². The average Bonchev–Trinajstić information content (AvgIpc) is 2.41. The highest BCUT2D eigenvalue weighted by molar-refractivity contribution is 6.31. The van der Waals surface area contributed by atoms with E-state index in [1.54, 1.807) is 42.5 Å². The summed E-state index contributed by atoms with van der Waals surface area (Å²) in [5, 5.41) is 0.621. The van der Waals surface area contributed by atoms with Crippen molar-refractivity contribution in [3.8, 4) is 0 Å². The molecule has 2 rings (SSSR count). The summed E-state index contributed by atoms with van der Waals surface area (Å²) in [7, 11) is 0. The lowest BCUT2D eigenvalue weighted by atomic mass is 10.2. The van der Waals surface area contributed by atoms with Crippen LogP contribution in [0.15, 0.2) is 48.5 Å². The predicted octanol–water partition coefficient (Wildman–Crippen LogP) is 3.83. The van der Waals surface area contributed by atoms with Gasteiger partial charge in [0.05, 0.1) is 11.3 Å². The van der Waals surface area contributed by atoms with Crippen molar-refractivity contribution in [3.63, 3.8) is 0 Å². The first-order valence-corrected chi connectivity index (χ1v) is 5.83. The molecule has 18 heavy (non-hydrogen) atoms. The number of carbonyl (C=O) groups excluding carboxylic acids is 1. The normalized spacial score (nSPS) is 9.89. The Kier molecular flexibility index (Phi) is 3.85. The smallest absolute Gasteiger partial charge is 0.338 e. The van der Waals surface area contributed by atoms with E-state index < -0.39 is 5.97 Å². The molecule has 0 unspecified atom stereocenters. The summed E-state index contributed by atoms with van der Waals surface area (Å²) >= 11 is 5.97. The van der Waals surface area contributed by atoms with Gasteiger partial charge in [-0.3, -0.25) is 0 Å². The van der Waals surface area contributed by atoms with Gasteiger partial charge in [0, 0.05) is 5.02 Å². The lowest BCUT2D eigenvalue weighted by molar-refractivity contribution is 0.0596. The van der Waals surface area contributed by atoms with Gasteiger partial charge in [0.1, 0.15) is 0 Å². The van der Waals surface area contributed by atoms with Crippen molar-refractivity contribution in [1.82, 2.24) is 0 Å². The molecule has 0 aliphatic carbocycles. The van der Waals surface area contributed by atoms with Gasteiger partial charge in [-0.05, 0) is 36.8 Å². The Morgan fingerprint density at radius 1 is 1.11 bits per heavy atom. The van der Waals surface area contributed by atoms with E-state index in [0.717, 1.165) is 5.56 Å². The first kappa shape index (κ1) is 12.5. The fourth-order valence-electron chi connectivity index (χ4n) is 1.45. The van der Waals surface area contributed by atoms with Crippen LogP contribution in [0.1, 0.15) is 15.9 Å². The summed E-state index contributed by atoms with van der Waals surface area (Å²) in [6.07, 6.45) is 0. The van der Waals surface area contributed by atoms with E-state index in [1.807, 2.05) is 13.0 Å². The standard InChI is InChI=1S/C14H12ClNO2/c1-10-12(15)8-5-9-13(10)16-18-14(17)11-6-3-2-4-7-11/h2-9,16H,1H3. The molecule has 92 valence electrons. The third-order valence-electron chi connectivity index (χ3n) is 2.53. The lowest BCUT2D eigenvalue weighted by Gasteiger charge is -2.10. The molecule has 0 saturated heterocycles. The second kappa shape index (κ2) is 5.56. The fourth-order valence-corrected chi connectivity index (χ4v) is 1.63. The zero-order valence-corrected chi connectivity index (χ0v) is 10.6. The number of hydrogen-bond donors (Lipinski definition) is 1. The van der Waals surface area contributed by atoms with Crippen molar-refractivity contribution >= 4 is 23.3 Å². The van der Waals surface area contributed by atoms with Gasteiger partial charge >= 0.3 is 5.97 Å². The van der Waals surface area contributed by atoms with Crippen LogP contribution in [0.4, 0.5) is 5.69 Å². The van der Waals surface area contributed by atoms with Crippen LogP contribution in [-0.2, 0) is 4.84 Å². The molecule has 0 saturated carbocycles. The average molecular weight is 262 g/mol. The van der Waals surface area contributed by atoms with E-state index in [9.17, 15) is 4.79 Å². The maximum atomic E-state index is 11.7. The van der Waals surface area contributed by atoms with E-state index in [0.29, 0.717) is 16.3 Å². The summed E-state index contributed by atoms with van der Waals surface area (Å²) in [4.78, 5) is 16.7. The minimum absolute atomic E-state index is 0.435. The van der Waals surface area contributed by atoms with Gasteiger partial charge in [-0.2, -0.15) is 0 Å². The van der Waals surface area contributed by atoms with Crippen molar-refractivity contribution in [3.05, 3.63) is 64.7 Å². The molecule has 0 amide bonds. The molecule has 3 nitrogen and oxygen atoms in total. The third kappa shape index (κ3) is 2.81. The van der Waals surface area contributed by atoms with Gasteiger partial charge in [-0.25, -0.2) is 10.3 Å². The van der Waals surface area contributed by atoms with Crippen molar-refractivity contribution in [1.29, 1.82) is 0 Å². The Hall–Kier alpha value is -2.00. The Morgan fingerprint density at radius 3 is 2.56 bits per heavy atom. The highest BCUT2D eigenvalue weighted by Gasteiger charge is 2.08. The predicted molar refractivity (Wildman–Crippen MR) is 71.7 cm³/mol. The lowest BCUT2D eigenvalue weighted by Crippen LogP contribution is -2.11. The fraction of sp³-hybridized carbons (Fsp3) is 0.0714. The number of anilines is 1. The Bertz CT molecular complexity index is 555. The minimum atomic E-state index is -0.435. The summed E-state index contributed by atoms with van der Waals surface area (Å²) < 4.78 is 0. The van der Waals surface area contributed by atoms with Crippen molar-refractivity contribution in [2.24, 2.45) is 0 Å². The van der Waals surface area contributed by atoms with E-state index in [-0.39, 0.29) is 0 Å². The molecule has 0 aliphatic heterocycles. The highest BCUT2D eigenvalue weighted by Crippen LogP contribution is 2.22. The molecule has 2 aromatic rings. The second-order valence-corrected chi connectivity index (χ2v) is 4.18. The quantitative estimate of drug-likeness (QED) is 0.854. The SMILES string of the molecule is Cc1c(Cl)cccc1NOC(=O)c1ccccc1. The number of carbonyl (C=O) groups is 1. The topological polar surface area (TPSA) is 38.3 Å². The summed E-state index contributed by atoms with van der Waals surface area (Å²) in [5.41, 5.74) is 4.61. The van der Waals surface area contributed by atoms with Crippen LogP contribution in [0.2, 0.25) is 5.02 Å². The number of benzene rings is 2. The van der Waals surface area contributed by atoms with Crippen molar-refractivity contribution in [2.45, 2.75) is 6.92 Å². The monoisotopic (exact) mass is 261 g/mol. The van der Waals surface area contributed by atoms with Crippen molar-refractivity contribution in [2.75, 3.05) is 5.48 Å². The van der Waals surface area contributed by atoms with Crippen LogP contribution in [0.25, 0.3) is 0 Å². The highest BCUT2D eigenvalue weighted by atomic mass is 35.5. The third-order valence-corrected chi connectivity index (χ3v) is 2.94. The summed E-state index contributed by atoms with van der Waals surface area (Å²) in [5.74, 6) is -0.435. The molecule has 0 heterocycles. The van der Waals surface area contributed by atoms with E-state index in [1.165, 1.54) is 0 Å². The second-order valence-electron chi connectivity index (χ2n) is 3.77. The Morgan fingerprint density at radius 2 is 1.83 bits per heavy atom. The van der Waals surface area contributed by atoms with Gasteiger partial charge in [0.15, 0.2) is 0 Å². The van der Waals surface area contributed by atoms with Crippen LogP contribution >= 0.6 is 11.6 Å². The van der Waals surface area contributed by atoms with Gasteiger partial charge in [0.25, 0.3) is 0 Å². The van der Waals surface area contributed by atoms with Gasteiger partial charge in [-0.15, -0.1) is 0 Å². The van der Waals surface area contributed by atoms with Crippen LogP contribution in [0, 0.1) is 6.92 Å². The van der Waals surface area contributed by atoms with E-state index >= 15 is 0 Å². The molecule has 1 N–H and O–H groups in total. The van der Waals surface area contributed by atoms with Crippen LogP contribution in [0.3, 0.4) is 0 Å². The maximum Gasteiger partial charge on any atom is 0.362 e. The maximum absolute atomic E-state index is 11.7. The summed E-state index contributed by atoms with van der Waals surface area (Å²) in [6.45, 7) is 1.85. The minimum Gasteiger partial charge on any atom is -0.338 e. The number of hydrogen-bond acceptors (Lipinski definition) is 3. The van der Waals surface area contributed by atoms with Gasteiger partial charge in [0.2, 0.25) is 0 Å². The number of nitrogens with one attached hydrogen (secondary N) is 1. The molecule has 0 spiro atoms. The van der Waals surface area contributed by atoms with Gasteiger partial charge < -0.3 is 4.84 Å². The molecule has 0 fully saturated rings. The molecular weight excluding hydrogens is 250 g/mol. The Labute approximate surface area is 110 Å². The first-order chi connectivity index (χ1) is 8.68. The number of halogens is 1. The number of rotatable bonds is 3.